The molecule has 3 rings (SSSR count). The van der Waals surface area contributed by atoms with Crippen molar-refractivity contribution < 1.29 is 51.4 Å². The van der Waals surface area contributed by atoms with Crippen molar-refractivity contribution in [3.05, 3.63) is 94.9 Å². The van der Waals surface area contributed by atoms with Crippen LogP contribution in [-0.4, -0.2) is 85.8 Å². The zero-order valence-electron chi connectivity index (χ0n) is 36.0. The lowest BCUT2D eigenvalue weighted by atomic mass is 9.93. The molecule has 1 aliphatic rings. The fourth-order valence-electron chi connectivity index (χ4n) is 6.29. The number of carbonyl (C=O) groups excluding carboxylic acids is 6. The molecule has 328 valence electrons. The molecule has 16 heteroatoms. The molecule has 0 fully saturated rings. The molecule has 4 amide bonds. The first-order chi connectivity index (χ1) is 27.8. The molecule has 2 aromatic rings. The van der Waals surface area contributed by atoms with Gasteiger partial charge in [-0.3, -0.25) is 19.2 Å². The number of benzene rings is 2. The first-order valence-electron chi connectivity index (χ1n) is 19.8. The second-order valence-electron chi connectivity index (χ2n) is 17.2. The number of alkyl carbamates (subject to hydrolysis) is 1. The van der Waals surface area contributed by atoms with Gasteiger partial charge in [0.1, 0.15) is 35.9 Å². The van der Waals surface area contributed by atoms with Gasteiger partial charge in [0.05, 0.1) is 5.57 Å². The number of esters is 2. The molecule has 1 unspecified atom stereocenters. The van der Waals surface area contributed by atoms with Crippen LogP contribution < -0.4 is 21.3 Å². The van der Waals surface area contributed by atoms with Crippen molar-refractivity contribution >= 4 is 45.6 Å². The van der Waals surface area contributed by atoms with E-state index >= 15 is 0 Å². The molecule has 1 aliphatic carbocycles. The van der Waals surface area contributed by atoms with Gasteiger partial charge in [0, 0.05) is 24.1 Å². The summed E-state index contributed by atoms with van der Waals surface area (Å²) < 4.78 is 40.2. The molecule has 0 saturated heterocycles. The Hall–Kier alpha value is -5.51. The summed E-state index contributed by atoms with van der Waals surface area (Å²) in [6.45, 7) is 17.0. The second kappa shape index (κ2) is 21.1. The van der Waals surface area contributed by atoms with Crippen molar-refractivity contribution in [3.8, 4) is 0 Å². The Morgan fingerprint density at radius 1 is 0.783 bits per heavy atom. The average molecular weight is 853 g/mol. The summed E-state index contributed by atoms with van der Waals surface area (Å²) in [5.74, 6) is -4.94. The number of hydrogen-bond donors (Lipinski definition) is 4. The van der Waals surface area contributed by atoms with E-state index in [2.05, 4.69) is 27.8 Å². The number of nitrogens with one attached hydrogen (secondary N) is 4. The van der Waals surface area contributed by atoms with Crippen LogP contribution >= 0.6 is 0 Å². The van der Waals surface area contributed by atoms with E-state index in [1.165, 1.54) is 6.08 Å². The monoisotopic (exact) mass is 852 g/mol. The van der Waals surface area contributed by atoms with E-state index < -0.39 is 98.4 Å². The highest BCUT2D eigenvalue weighted by molar-refractivity contribution is 7.93. The van der Waals surface area contributed by atoms with E-state index in [0.29, 0.717) is 18.4 Å². The van der Waals surface area contributed by atoms with Gasteiger partial charge in [-0.05, 0) is 89.3 Å². The van der Waals surface area contributed by atoms with Crippen LogP contribution in [0.4, 0.5) is 4.79 Å². The molecule has 0 saturated carbocycles. The minimum atomic E-state index is -3.61. The fourth-order valence-corrected chi connectivity index (χ4v) is 6.76. The Morgan fingerprint density at radius 3 is 1.88 bits per heavy atom. The maximum absolute atomic E-state index is 14.4. The first-order valence-corrected chi connectivity index (χ1v) is 21.7. The van der Waals surface area contributed by atoms with Gasteiger partial charge >= 0.3 is 18.0 Å². The average Bonchev–Trinajstić information content (AvgIpc) is 3.57. The van der Waals surface area contributed by atoms with Gasteiger partial charge in [0.15, 0.2) is 9.84 Å². The van der Waals surface area contributed by atoms with Crippen LogP contribution in [0.3, 0.4) is 0 Å². The van der Waals surface area contributed by atoms with Crippen molar-refractivity contribution in [2.24, 2.45) is 11.8 Å². The summed E-state index contributed by atoms with van der Waals surface area (Å²) in [7, 11) is -3.61. The SMILES string of the molecule is C=C(C(=O)OC(C)(C)C)[C@H](NC(=O)OCc1ccccc1)C(=O)N[C@H](C(=O)NC(C(=O)N[C@H](/C=C/S(C)(=O)=O)CCC(=O)OC(C)(C)C)C(C)C)C1Cc2ccccc2C1. The number of amides is 4. The zero-order chi connectivity index (χ0) is 45.0. The van der Waals surface area contributed by atoms with Crippen molar-refractivity contribution in [2.75, 3.05) is 6.26 Å². The van der Waals surface area contributed by atoms with E-state index in [9.17, 15) is 37.2 Å². The molecule has 0 heterocycles. The largest absolute Gasteiger partial charge is 0.460 e. The Morgan fingerprint density at radius 2 is 1.35 bits per heavy atom. The molecule has 0 bridgehead atoms. The van der Waals surface area contributed by atoms with Gasteiger partial charge in [-0.15, -0.1) is 0 Å². The zero-order valence-corrected chi connectivity index (χ0v) is 36.8. The summed E-state index contributed by atoms with van der Waals surface area (Å²) in [6.07, 6.45) is 1.80. The second-order valence-corrected chi connectivity index (χ2v) is 19.1. The van der Waals surface area contributed by atoms with Crippen LogP contribution in [0.1, 0.15) is 84.9 Å². The van der Waals surface area contributed by atoms with Crippen LogP contribution in [0.5, 0.6) is 0 Å². The minimum absolute atomic E-state index is 0.00580. The van der Waals surface area contributed by atoms with Crippen LogP contribution in [-0.2, 0) is 67.5 Å². The van der Waals surface area contributed by atoms with Gasteiger partial charge < -0.3 is 35.5 Å². The van der Waals surface area contributed by atoms with Crippen molar-refractivity contribution in [1.29, 1.82) is 0 Å². The third-order valence-corrected chi connectivity index (χ3v) is 9.74. The fraction of sp³-hybridized carbons (Fsp3) is 0.500. The number of ether oxygens (including phenoxy) is 3. The molecular formula is C44H60N4O11S. The third kappa shape index (κ3) is 16.6. The Kier molecular flexibility index (Phi) is 17.2. The molecule has 4 N–H and O–H groups in total. The maximum atomic E-state index is 14.4. The molecule has 60 heavy (non-hydrogen) atoms. The Labute approximate surface area is 353 Å². The highest BCUT2D eigenvalue weighted by atomic mass is 32.2. The van der Waals surface area contributed by atoms with Crippen LogP contribution in [0.2, 0.25) is 0 Å². The standard InChI is InChI=1S/C44H60N4O11S/c1-27(2)35(38(50)45-33(22-23-60(10,55)56)20-21-34(49)58-43(4,5)6)46-40(52)37(32-24-30-18-14-15-19-31(30)25-32)47-39(51)36(28(3)41(53)59-44(7,8)9)48-42(54)57-26-29-16-12-11-13-17-29/h11-19,22-23,27,32-33,35-37H,3,20-21,24-26H2,1-2,4-10H3,(H,45,50)(H,46,52)(H,47,51)(H,48,54)/b23-22+/t33-,35?,36-,37-/m0/s1. The Bertz CT molecular complexity index is 1990. The summed E-state index contributed by atoms with van der Waals surface area (Å²) in [4.78, 5) is 81.5. The van der Waals surface area contributed by atoms with Gasteiger partial charge in [-0.1, -0.05) is 81.1 Å². The van der Waals surface area contributed by atoms with Gasteiger partial charge in [-0.2, -0.15) is 0 Å². The highest BCUT2D eigenvalue weighted by Gasteiger charge is 2.40. The normalized spacial score (nSPS) is 15.2. The summed E-state index contributed by atoms with van der Waals surface area (Å²) in [6, 6.07) is 11.2. The molecule has 0 radical (unpaired) electrons. The van der Waals surface area contributed by atoms with Crippen LogP contribution in [0.15, 0.2) is 78.2 Å². The highest BCUT2D eigenvalue weighted by Crippen LogP contribution is 2.29. The smallest absolute Gasteiger partial charge is 0.408 e. The van der Waals surface area contributed by atoms with E-state index in [4.69, 9.17) is 14.2 Å². The number of hydrogen-bond acceptors (Lipinski definition) is 11. The number of sulfone groups is 1. The number of carbonyl (C=O) groups is 6. The summed E-state index contributed by atoms with van der Waals surface area (Å²) >= 11 is 0. The van der Waals surface area contributed by atoms with E-state index in [0.717, 1.165) is 22.8 Å². The predicted molar refractivity (Wildman–Crippen MR) is 226 cm³/mol. The molecular weight excluding hydrogens is 793 g/mol. The molecule has 4 atom stereocenters. The quantitative estimate of drug-likeness (QED) is 0.0939. The van der Waals surface area contributed by atoms with Gasteiger partial charge in [-0.25, -0.2) is 18.0 Å². The van der Waals surface area contributed by atoms with E-state index in [1.54, 1.807) is 85.7 Å². The maximum Gasteiger partial charge on any atom is 0.408 e. The Balaban J connectivity index is 1.92. The molecule has 0 aliphatic heterocycles. The minimum Gasteiger partial charge on any atom is -0.460 e. The summed E-state index contributed by atoms with van der Waals surface area (Å²) in [5, 5.41) is 11.6. The molecule has 2 aromatic carbocycles. The van der Waals surface area contributed by atoms with Crippen LogP contribution in [0, 0.1) is 11.8 Å². The van der Waals surface area contributed by atoms with E-state index in [-0.39, 0.29) is 19.4 Å². The van der Waals surface area contributed by atoms with Crippen LogP contribution in [0.25, 0.3) is 0 Å². The lowest BCUT2D eigenvalue weighted by Crippen LogP contribution is -2.60. The number of rotatable bonds is 18. The lowest BCUT2D eigenvalue weighted by molar-refractivity contribution is -0.155. The topological polar surface area (TPSA) is 212 Å². The number of fused-ring (bicyclic) bond motifs is 1. The predicted octanol–water partition coefficient (Wildman–Crippen LogP) is 4.38. The molecule has 0 aromatic heterocycles. The summed E-state index contributed by atoms with van der Waals surface area (Å²) in [5.41, 5.74) is 0.414. The molecule has 15 nitrogen and oxygen atoms in total. The van der Waals surface area contributed by atoms with Crippen molar-refractivity contribution in [2.45, 2.75) is 123 Å². The van der Waals surface area contributed by atoms with Crippen molar-refractivity contribution in [1.82, 2.24) is 21.3 Å². The lowest BCUT2D eigenvalue weighted by Gasteiger charge is -2.30. The third-order valence-electron chi connectivity index (χ3n) is 9.09. The van der Waals surface area contributed by atoms with E-state index in [1.807, 2.05) is 24.3 Å². The van der Waals surface area contributed by atoms with Gasteiger partial charge in [0.2, 0.25) is 17.7 Å². The molecule has 0 spiro atoms. The van der Waals surface area contributed by atoms with Gasteiger partial charge in [0.25, 0.3) is 0 Å². The first kappa shape index (κ1) is 48.9. The van der Waals surface area contributed by atoms with Crippen molar-refractivity contribution in [3.63, 3.8) is 0 Å².